The van der Waals surface area contributed by atoms with E-state index in [4.69, 9.17) is 0 Å². The minimum atomic E-state index is 0.318. The second-order valence-electron chi connectivity index (χ2n) is 4.27. The normalized spacial score (nSPS) is 28.8. The molecule has 1 rings (SSSR count). The smallest absolute Gasteiger partial charge is 0.158 e. The fraction of sp³-hybridized carbons (Fsp3) is 0.750. The van der Waals surface area contributed by atoms with E-state index in [1.807, 2.05) is 6.08 Å². The Kier molecular flexibility index (Phi) is 3.71. The fourth-order valence-corrected chi connectivity index (χ4v) is 1.92. The average molecular weight is 180 g/mol. The van der Waals surface area contributed by atoms with Crippen LogP contribution in [0.5, 0.6) is 0 Å². The molecule has 1 aliphatic rings. The molecule has 2 atom stereocenters. The van der Waals surface area contributed by atoms with Crippen molar-refractivity contribution >= 4 is 5.78 Å². The topological polar surface area (TPSA) is 17.1 Å². The van der Waals surface area contributed by atoms with E-state index in [9.17, 15) is 4.79 Å². The SMILES string of the molecule is CCCC[C@@H]1C[C@@H](C)C(C)=CC1=O. The van der Waals surface area contributed by atoms with E-state index in [0.29, 0.717) is 17.6 Å². The Labute approximate surface area is 81.2 Å². The molecule has 0 amide bonds. The summed E-state index contributed by atoms with van der Waals surface area (Å²) in [4.78, 5) is 11.6. The van der Waals surface area contributed by atoms with Gasteiger partial charge in [-0.1, -0.05) is 32.3 Å². The molecule has 0 aromatic heterocycles. The first-order valence-electron chi connectivity index (χ1n) is 5.37. The van der Waals surface area contributed by atoms with Gasteiger partial charge in [-0.2, -0.15) is 0 Å². The molecule has 74 valence electrons. The van der Waals surface area contributed by atoms with Gasteiger partial charge in [0.25, 0.3) is 0 Å². The second-order valence-corrected chi connectivity index (χ2v) is 4.27. The van der Waals surface area contributed by atoms with Crippen molar-refractivity contribution < 1.29 is 4.79 Å². The number of hydrogen-bond donors (Lipinski definition) is 0. The zero-order valence-electron chi connectivity index (χ0n) is 8.97. The van der Waals surface area contributed by atoms with E-state index in [2.05, 4.69) is 20.8 Å². The maximum atomic E-state index is 11.6. The zero-order chi connectivity index (χ0) is 9.84. The summed E-state index contributed by atoms with van der Waals surface area (Å²) in [6.45, 7) is 6.47. The van der Waals surface area contributed by atoms with Gasteiger partial charge in [-0.3, -0.25) is 4.79 Å². The molecule has 1 heteroatoms. The van der Waals surface area contributed by atoms with Crippen molar-refractivity contribution in [3.63, 3.8) is 0 Å². The van der Waals surface area contributed by atoms with Gasteiger partial charge in [0.2, 0.25) is 0 Å². The van der Waals surface area contributed by atoms with Crippen LogP contribution in [0.4, 0.5) is 0 Å². The molecule has 0 spiro atoms. The third-order valence-electron chi connectivity index (χ3n) is 3.09. The summed E-state index contributed by atoms with van der Waals surface area (Å²) in [7, 11) is 0. The van der Waals surface area contributed by atoms with E-state index in [0.717, 1.165) is 12.8 Å². The van der Waals surface area contributed by atoms with Gasteiger partial charge in [0.05, 0.1) is 0 Å². The lowest BCUT2D eigenvalue weighted by atomic mass is 9.80. The molecule has 0 heterocycles. The van der Waals surface area contributed by atoms with Gasteiger partial charge in [0.15, 0.2) is 5.78 Å². The van der Waals surface area contributed by atoms with E-state index in [-0.39, 0.29) is 0 Å². The standard InChI is InChI=1S/C12H20O/c1-4-5-6-11-7-9(2)10(3)8-12(11)13/h8-9,11H,4-7H2,1-3H3/t9-,11-/m1/s1. The molecule has 0 radical (unpaired) electrons. The summed E-state index contributed by atoms with van der Waals surface area (Å²) in [5, 5.41) is 0. The number of hydrogen-bond acceptors (Lipinski definition) is 1. The average Bonchev–Trinajstić information content (AvgIpc) is 2.09. The van der Waals surface area contributed by atoms with Crippen LogP contribution < -0.4 is 0 Å². The van der Waals surface area contributed by atoms with E-state index >= 15 is 0 Å². The number of carbonyl (C=O) groups excluding carboxylic acids is 1. The zero-order valence-corrected chi connectivity index (χ0v) is 8.97. The van der Waals surface area contributed by atoms with E-state index < -0.39 is 0 Å². The highest BCUT2D eigenvalue weighted by Gasteiger charge is 2.24. The Morgan fingerprint density at radius 2 is 2.23 bits per heavy atom. The molecular formula is C12H20O. The molecule has 0 N–H and O–H groups in total. The van der Waals surface area contributed by atoms with Gasteiger partial charge in [-0.15, -0.1) is 0 Å². The molecule has 0 saturated heterocycles. The predicted octanol–water partition coefficient (Wildman–Crippen LogP) is 3.35. The molecule has 0 aromatic rings. The molecule has 1 nitrogen and oxygen atoms in total. The molecule has 13 heavy (non-hydrogen) atoms. The van der Waals surface area contributed by atoms with Crippen LogP contribution in [0.3, 0.4) is 0 Å². The number of carbonyl (C=O) groups is 1. The Hall–Kier alpha value is -0.590. The Morgan fingerprint density at radius 3 is 2.85 bits per heavy atom. The van der Waals surface area contributed by atoms with Crippen LogP contribution in [-0.2, 0) is 4.79 Å². The lowest BCUT2D eigenvalue weighted by Gasteiger charge is -2.24. The minimum absolute atomic E-state index is 0.318. The lowest BCUT2D eigenvalue weighted by molar-refractivity contribution is -0.119. The highest BCUT2D eigenvalue weighted by Crippen LogP contribution is 2.29. The molecule has 0 fully saturated rings. The summed E-state index contributed by atoms with van der Waals surface area (Å²) in [6, 6.07) is 0. The highest BCUT2D eigenvalue weighted by molar-refractivity contribution is 5.93. The summed E-state index contributed by atoms with van der Waals surface area (Å²) >= 11 is 0. The van der Waals surface area contributed by atoms with Gasteiger partial charge in [-0.25, -0.2) is 0 Å². The first kappa shape index (κ1) is 10.5. The summed E-state index contributed by atoms with van der Waals surface area (Å²) in [6.07, 6.45) is 6.40. The van der Waals surface area contributed by atoms with Gasteiger partial charge in [-0.05, 0) is 31.8 Å². The molecule has 0 aromatic carbocycles. The molecule has 0 saturated carbocycles. The second kappa shape index (κ2) is 4.59. The van der Waals surface area contributed by atoms with Crippen molar-refractivity contribution in [3.05, 3.63) is 11.6 Å². The summed E-state index contributed by atoms with van der Waals surface area (Å²) in [5.41, 5.74) is 1.26. The highest BCUT2D eigenvalue weighted by atomic mass is 16.1. The number of unbranched alkanes of at least 4 members (excludes halogenated alkanes) is 1. The molecular weight excluding hydrogens is 160 g/mol. The van der Waals surface area contributed by atoms with Crippen LogP contribution in [0, 0.1) is 11.8 Å². The van der Waals surface area contributed by atoms with Gasteiger partial charge >= 0.3 is 0 Å². The predicted molar refractivity (Wildman–Crippen MR) is 55.6 cm³/mol. The van der Waals surface area contributed by atoms with Gasteiger partial charge in [0.1, 0.15) is 0 Å². The largest absolute Gasteiger partial charge is 0.295 e. The van der Waals surface area contributed by atoms with E-state index in [1.54, 1.807) is 0 Å². The van der Waals surface area contributed by atoms with Gasteiger partial charge < -0.3 is 0 Å². The molecule has 1 aliphatic carbocycles. The Bertz CT molecular complexity index is 215. The third-order valence-corrected chi connectivity index (χ3v) is 3.09. The molecule has 0 aliphatic heterocycles. The summed E-state index contributed by atoms with van der Waals surface area (Å²) < 4.78 is 0. The minimum Gasteiger partial charge on any atom is -0.295 e. The third kappa shape index (κ3) is 2.68. The van der Waals surface area contributed by atoms with Crippen molar-refractivity contribution in [2.75, 3.05) is 0 Å². The molecule has 0 unspecified atom stereocenters. The lowest BCUT2D eigenvalue weighted by Crippen LogP contribution is -2.21. The van der Waals surface area contributed by atoms with Crippen LogP contribution in [-0.4, -0.2) is 5.78 Å². The van der Waals surface area contributed by atoms with Crippen LogP contribution in [0.2, 0.25) is 0 Å². The van der Waals surface area contributed by atoms with Crippen LogP contribution in [0.1, 0.15) is 46.5 Å². The number of ketones is 1. The first-order chi connectivity index (χ1) is 6.15. The fourth-order valence-electron chi connectivity index (χ4n) is 1.92. The number of rotatable bonds is 3. The van der Waals surface area contributed by atoms with Crippen LogP contribution in [0.25, 0.3) is 0 Å². The van der Waals surface area contributed by atoms with Crippen molar-refractivity contribution in [2.45, 2.75) is 46.5 Å². The maximum absolute atomic E-state index is 11.6. The van der Waals surface area contributed by atoms with E-state index in [1.165, 1.54) is 18.4 Å². The maximum Gasteiger partial charge on any atom is 0.158 e. The van der Waals surface area contributed by atoms with Crippen LogP contribution >= 0.6 is 0 Å². The van der Waals surface area contributed by atoms with Crippen molar-refractivity contribution in [1.82, 2.24) is 0 Å². The summed E-state index contributed by atoms with van der Waals surface area (Å²) in [5.74, 6) is 1.29. The monoisotopic (exact) mass is 180 g/mol. The Morgan fingerprint density at radius 1 is 1.54 bits per heavy atom. The Balaban J connectivity index is 2.55. The van der Waals surface area contributed by atoms with Crippen molar-refractivity contribution in [1.29, 1.82) is 0 Å². The van der Waals surface area contributed by atoms with Gasteiger partial charge in [0, 0.05) is 5.92 Å². The van der Waals surface area contributed by atoms with Crippen LogP contribution in [0.15, 0.2) is 11.6 Å². The molecule has 0 bridgehead atoms. The van der Waals surface area contributed by atoms with Crippen molar-refractivity contribution in [2.24, 2.45) is 11.8 Å². The number of allylic oxidation sites excluding steroid dienone is 2. The van der Waals surface area contributed by atoms with Crippen molar-refractivity contribution in [3.8, 4) is 0 Å². The first-order valence-corrected chi connectivity index (χ1v) is 5.37. The quantitative estimate of drug-likeness (QED) is 0.651.